The van der Waals surface area contributed by atoms with Crippen LogP contribution in [0.4, 0.5) is 0 Å². The largest absolute Gasteiger partial charge is 0.481 e. The van der Waals surface area contributed by atoms with Gasteiger partial charge in [-0.3, -0.25) is 9.59 Å². The lowest BCUT2D eigenvalue weighted by atomic mass is 10.1. The van der Waals surface area contributed by atoms with Gasteiger partial charge < -0.3 is 14.9 Å². The summed E-state index contributed by atoms with van der Waals surface area (Å²) in [5.41, 5.74) is 0.154. The summed E-state index contributed by atoms with van der Waals surface area (Å²) < 4.78 is 4.88. The Labute approximate surface area is 104 Å². The maximum atomic E-state index is 11.9. The zero-order chi connectivity index (χ0) is 13.5. The molecule has 2 atom stereocenters. The average molecular weight is 252 g/mol. The van der Waals surface area contributed by atoms with Crippen molar-refractivity contribution >= 4 is 11.9 Å². The van der Waals surface area contributed by atoms with Crippen LogP contribution >= 0.6 is 0 Å². The molecule has 18 heavy (non-hydrogen) atoms. The molecule has 2 rings (SSSR count). The maximum Gasteiger partial charge on any atom is 0.307 e. The van der Waals surface area contributed by atoms with E-state index in [1.165, 1.54) is 0 Å². The van der Waals surface area contributed by atoms with Crippen LogP contribution in [0.2, 0.25) is 0 Å². The molecule has 6 nitrogen and oxygen atoms in total. The Morgan fingerprint density at radius 3 is 2.61 bits per heavy atom. The van der Waals surface area contributed by atoms with Crippen molar-refractivity contribution in [2.45, 2.75) is 27.3 Å². The van der Waals surface area contributed by atoms with Crippen LogP contribution in [-0.4, -0.2) is 22.1 Å². The normalized spacial score (nSPS) is 24.6. The van der Waals surface area contributed by atoms with E-state index in [9.17, 15) is 9.59 Å². The molecule has 0 aliphatic heterocycles. The van der Waals surface area contributed by atoms with E-state index in [0.717, 1.165) is 0 Å². The van der Waals surface area contributed by atoms with E-state index in [1.54, 1.807) is 26.8 Å². The first-order valence-electron chi connectivity index (χ1n) is 5.76. The molecule has 6 heteroatoms. The van der Waals surface area contributed by atoms with E-state index in [1.807, 2.05) is 0 Å². The molecule has 0 aromatic carbocycles. The average Bonchev–Trinajstić information content (AvgIpc) is 2.63. The van der Waals surface area contributed by atoms with Gasteiger partial charge in [-0.15, -0.1) is 0 Å². The number of aryl methyl sites for hydroxylation is 1. The Hall–Kier alpha value is -1.85. The molecule has 1 saturated carbocycles. The Balaban J connectivity index is 1.92. The minimum absolute atomic E-state index is 0.243. The van der Waals surface area contributed by atoms with Crippen LogP contribution in [0.3, 0.4) is 0 Å². The van der Waals surface area contributed by atoms with Gasteiger partial charge in [0.05, 0.1) is 18.4 Å². The Bertz CT molecular complexity index is 492. The fourth-order valence-corrected chi connectivity index (χ4v) is 2.38. The molecule has 0 unspecified atom stereocenters. The highest BCUT2D eigenvalue weighted by atomic mass is 16.5. The molecule has 1 aliphatic carbocycles. The Kier molecular flexibility index (Phi) is 2.88. The number of nitrogens with one attached hydrogen (secondary N) is 1. The highest BCUT2D eigenvalue weighted by Gasteiger charge is 2.65. The van der Waals surface area contributed by atoms with Gasteiger partial charge in [0.2, 0.25) is 5.91 Å². The van der Waals surface area contributed by atoms with E-state index < -0.39 is 23.2 Å². The smallest absolute Gasteiger partial charge is 0.307 e. The number of amides is 1. The molecule has 98 valence electrons. The molecule has 1 aromatic rings. The van der Waals surface area contributed by atoms with Crippen molar-refractivity contribution < 1.29 is 19.2 Å². The van der Waals surface area contributed by atoms with Gasteiger partial charge in [0.15, 0.2) is 0 Å². The number of rotatable bonds is 4. The SMILES string of the molecule is Cc1cc(CNC(=O)[C@H]2[C@@H](C(=O)O)C2(C)C)no1. The quantitative estimate of drug-likeness (QED) is 0.832. The first-order valence-corrected chi connectivity index (χ1v) is 5.76. The standard InChI is InChI=1S/C12H16N2O4/c1-6-4-7(14-18-6)5-13-10(15)8-9(11(16)17)12(8,2)3/h4,8-9H,5H2,1-3H3,(H,13,15)(H,16,17)/t8-,9+/m1/s1. The van der Waals surface area contributed by atoms with Gasteiger partial charge >= 0.3 is 5.97 Å². The summed E-state index contributed by atoms with van der Waals surface area (Å²) >= 11 is 0. The molecule has 1 fully saturated rings. The van der Waals surface area contributed by atoms with E-state index in [2.05, 4.69) is 10.5 Å². The second-order valence-electron chi connectivity index (χ2n) is 5.26. The summed E-state index contributed by atoms with van der Waals surface area (Å²) in [4.78, 5) is 22.8. The van der Waals surface area contributed by atoms with Gasteiger partial charge in [-0.25, -0.2) is 0 Å². The minimum Gasteiger partial charge on any atom is -0.481 e. The van der Waals surface area contributed by atoms with Crippen LogP contribution in [0.1, 0.15) is 25.3 Å². The van der Waals surface area contributed by atoms with E-state index in [4.69, 9.17) is 9.63 Å². The number of carboxylic acids is 1. The van der Waals surface area contributed by atoms with Gasteiger partial charge in [-0.05, 0) is 12.3 Å². The minimum atomic E-state index is -0.919. The summed E-state index contributed by atoms with van der Waals surface area (Å²) in [5.74, 6) is -1.56. The van der Waals surface area contributed by atoms with Crippen LogP contribution in [0.15, 0.2) is 10.6 Å². The molecule has 1 aromatic heterocycles. The number of hydrogen-bond donors (Lipinski definition) is 2. The molecule has 0 bridgehead atoms. The van der Waals surface area contributed by atoms with Gasteiger partial charge in [-0.2, -0.15) is 0 Å². The number of carboxylic acid groups (broad SMARTS) is 1. The maximum absolute atomic E-state index is 11.9. The first kappa shape index (κ1) is 12.6. The van der Waals surface area contributed by atoms with Crippen molar-refractivity contribution in [3.63, 3.8) is 0 Å². The molecule has 1 aliphatic rings. The summed E-state index contributed by atoms with van der Waals surface area (Å²) in [5, 5.41) is 15.4. The van der Waals surface area contributed by atoms with Gasteiger partial charge in [0, 0.05) is 6.07 Å². The van der Waals surface area contributed by atoms with Crippen LogP contribution in [0.5, 0.6) is 0 Å². The second-order valence-corrected chi connectivity index (χ2v) is 5.26. The lowest BCUT2D eigenvalue weighted by Gasteiger charge is -2.03. The number of carbonyl (C=O) groups is 2. The van der Waals surface area contributed by atoms with Crippen LogP contribution < -0.4 is 5.32 Å². The Morgan fingerprint density at radius 2 is 2.17 bits per heavy atom. The van der Waals surface area contributed by atoms with Crippen molar-refractivity contribution in [3.05, 3.63) is 17.5 Å². The summed E-state index contributed by atoms with van der Waals surface area (Å²) in [6.45, 7) is 5.60. The van der Waals surface area contributed by atoms with Crippen molar-refractivity contribution in [2.75, 3.05) is 0 Å². The number of carbonyl (C=O) groups excluding carboxylic acids is 1. The fraction of sp³-hybridized carbons (Fsp3) is 0.583. The molecule has 1 heterocycles. The summed E-state index contributed by atoms with van der Waals surface area (Å²) in [7, 11) is 0. The lowest BCUT2D eigenvalue weighted by Crippen LogP contribution is -2.26. The molecule has 0 radical (unpaired) electrons. The van der Waals surface area contributed by atoms with Crippen molar-refractivity contribution in [1.29, 1.82) is 0 Å². The number of nitrogens with zero attached hydrogens (tertiary/aromatic N) is 1. The second kappa shape index (κ2) is 4.12. The number of aromatic nitrogens is 1. The fourth-order valence-electron chi connectivity index (χ4n) is 2.38. The highest BCUT2D eigenvalue weighted by Crippen LogP contribution is 2.58. The monoisotopic (exact) mass is 252 g/mol. The molecule has 0 spiro atoms. The van der Waals surface area contributed by atoms with E-state index in [0.29, 0.717) is 11.5 Å². The summed E-state index contributed by atoms with van der Waals surface area (Å²) in [6.07, 6.45) is 0. The predicted octanol–water partition coefficient (Wildman–Crippen LogP) is 0.956. The van der Waals surface area contributed by atoms with E-state index in [-0.39, 0.29) is 12.5 Å². The highest BCUT2D eigenvalue weighted by molar-refractivity contribution is 5.91. The third-order valence-corrected chi connectivity index (χ3v) is 3.50. The number of aliphatic carboxylic acids is 1. The third kappa shape index (κ3) is 2.10. The number of hydrogen-bond acceptors (Lipinski definition) is 4. The van der Waals surface area contributed by atoms with Gasteiger partial charge in [-0.1, -0.05) is 19.0 Å². The van der Waals surface area contributed by atoms with Crippen molar-refractivity contribution in [2.24, 2.45) is 17.3 Å². The zero-order valence-electron chi connectivity index (χ0n) is 10.6. The molecular formula is C12H16N2O4. The summed E-state index contributed by atoms with van der Waals surface area (Å²) in [6, 6.07) is 1.73. The topological polar surface area (TPSA) is 92.4 Å². The lowest BCUT2D eigenvalue weighted by molar-refractivity contribution is -0.140. The van der Waals surface area contributed by atoms with Crippen molar-refractivity contribution in [3.8, 4) is 0 Å². The van der Waals surface area contributed by atoms with Crippen LogP contribution in [-0.2, 0) is 16.1 Å². The first-order chi connectivity index (χ1) is 8.34. The zero-order valence-corrected chi connectivity index (χ0v) is 10.6. The van der Waals surface area contributed by atoms with Crippen molar-refractivity contribution in [1.82, 2.24) is 10.5 Å². The van der Waals surface area contributed by atoms with Gasteiger partial charge in [0.1, 0.15) is 11.5 Å². The molecule has 1 amide bonds. The van der Waals surface area contributed by atoms with Crippen LogP contribution in [0, 0.1) is 24.2 Å². The van der Waals surface area contributed by atoms with Crippen LogP contribution in [0.25, 0.3) is 0 Å². The van der Waals surface area contributed by atoms with Gasteiger partial charge in [0.25, 0.3) is 0 Å². The van der Waals surface area contributed by atoms with E-state index >= 15 is 0 Å². The molecular weight excluding hydrogens is 236 g/mol. The molecule has 2 N–H and O–H groups in total. The molecule has 0 saturated heterocycles. The Morgan fingerprint density at radius 1 is 1.50 bits per heavy atom. The third-order valence-electron chi connectivity index (χ3n) is 3.50. The predicted molar refractivity (Wildman–Crippen MR) is 61.5 cm³/mol.